The van der Waals surface area contributed by atoms with Gasteiger partial charge in [0.15, 0.2) is 0 Å². The highest BCUT2D eigenvalue weighted by Gasteiger charge is 2.26. The minimum atomic E-state index is -0.382. The van der Waals surface area contributed by atoms with E-state index >= 15 is 0 Å². The Morgan fingerprint density at radius 3 is 2.93 bits per heavy atom. The molecule has 3 rings (SSSR count). The molecule has 3 N–H and O–H groups in total. The van der Waals surface area contributed by atoms with Crippen molar-refractivity contribution in [2.45, 2.75) is 18.8 Å². The number of fused-ring (bicyclic) bond motifs is 1. The van der Waals surface area contributed by atoms with E-state index in [1.165, 1.54) is 18.4 Å². The number of hydrogen-bond donors (Lipinski definition) is 2. The average molecular weight is 201 g/mol. The maximum atomic E-state index is 11.2. The number of hydrogen-bond acceptors (Lipinski definition) is 3. The predicted octanol–water partition coefficient (Wildman–Crippen LogP) is 1.38. The predicted molar refractivity (Wildman–Crippen MR) is 58.8 cm³/mol. The van der Waals surface area contributed by atoms with Crippen molar-refractivity contribution in [2.24, 2.45) is 0 Å². The minimum absolute atomic E-state index is 0.344. The Morgan fingerprint density at radius 1 is 1.40 bits per heavy atom. The van der Waals surface area contributed by atoms with Crippen LogP contribution in [-0.4, -0.2) is 9.97 Å². The second-order valence-corrected chi connectivity index (χ2v) is 3.97. The summed E-state index contributed by atoms with van der Waals surface area (Å²) in [6, 6.07) is 5.88. The van der Waals surface area contributed by atoms with Gasteiger partial charge in [-0.2, -0.15) is 4.98 Å². The van der Waals surface area contributed by atoms with Crippen molar-refractivity contribution in [1.82, 2.24) is 9.97 Å². The van der Waals surface area contributed by atoms with Crippen LogP contribution in [0.25, 0.3) is 10.9 Å². The third-order valence-corrected chi connectivity index (χ3v) is 2.83. The van der Waals surface area contributed by atoms with Crippen LogP contribution in [0.2, 0.25) is 0 Å². The molecule has 1 aromatic heterocycles. The number of anilines is 1. The highest BCUT2D eigenvalue weighted by molar-refractivity contribution is 5.91. The maximum Gasteiger partial charge on any atom is 0.347 e. The summed E-state index contributed by atoms with van der Waals surface area (Å²) in [5, 5.41) is 0.916. The molecule has 1 heterocycles. The summed E-state index contributed by atoms with van der Waals surface area (Å²) < 4.78 is 0. The molecule has 0 saturated heterocycles. The second kappa shape index (κ2) is 2.82. The SMILES string of the molecule is Nc1nc(=O)[nH]c2cccc(C3CC3)c12. The number of benzene rings is 1. The van der Waals surface area contributed by atoms with E-state index < -0.39 is 0 Å². The quantitative estimate of drug-likeness (QED) is 0.732. The fourth-order valence-electron chi connectivity index (χ4n) is 2.00. The van der Waals surface area contributed by atoms with Crippen molar-refractivity contribution in [1.29, 1.82) is 0 Å². The van der Waals surface area contributed by atoms with Crippen LogP contribution < -0.4 is 11.4 Å². The molecule has 0 unspecified atom stereocenters. The molecule has 15 heavy (non-hydrogen) atoms. The number of rotatable bonds is 1. The first kappa shape index (κ1) is 8.47. The van der Waals surface area contributed by atoms with Crippen LogP contribution in [0.3, 0.4) is 0 Å². The standard InChI is InChI=1S/C11H11N3O/c12-10-9-7(6-4-5-6)2-1-3-8(9)13-11(15)14-10/h1-3,6H,4-5H2,(H3,12,13,14,15). The van der Waals surface area contributed by atoms with E-state index in [0.717, 1.165) is 10.9 Å². The van der Waals surface area contributed by atoms with Crippen molar-refractivity contribution < 1.29 is 0 Å². The van der Waals surface area contributed by atoms with Crippen LogP contribution in [0.1, 0.15) is 24.3 Å². The molecule has 1 aliphatic rings. The van der Waals surface area contributed by atoms with Gasteiger partial charge in [0.25, 0.3) is 0 Å². The number of aromatic nitrogens is 2. The monoisotopic (exact) mass is 201 g/mol. The summed E-state index contributed by atoms with van der Waals surface area (Å²) >= 11 is 0. The largest absolute Gasteiger partial charge is 0.383 e. The first-order valence-corrected chi connectivity index (χ1v) is 5.04. The molecular formula is C11H11N3O. The summed E-state index contributed by atoms with van der Waals surface area (Å²) in [6.07, 6.45) is 2.41. The molecule has 1 saturated carbocycles. The highest BCUT2D eigenvalue weighted by Crippen LogP contribution is 2.43. The van der Waals surface area contributed by atoms with Gasteiger partial charge in [0.2, 0.25) is 0 Å². The molecule has 0 amide bonds. The number of nitrogens with one attached hydrogen (secondary N) is 1. The van der Waals surface area contributed by atoms with Gasteiger partial charge in [-0.25, -0.2) is 4.79 Å². The molecule has 0 spiro atoms. The lowest BCUT2D eigenvalue weighted by Crippen LogP contribution is -2.13. The number of H-pyrrole nitrogens is 1. The molecule has 1 fully saturated rings. The van der Waals surface area contributed by atoms with E-state index in [2.05, 4.69) is 16.0 Å². The van der Waals surface area contributed by atoms with Crippen molar-refractivity contribution >= 4 is 16.7 Å². The van der Waals surface area contributed by atoms with Gasteiger partial charge in [0, 0.05) is 5.39 Å². The summed E-state index contributed by atoms with van der Waals surface area (Å²) in [6.45, 7) is 0. The Labute approximate surface area is 86.1 Å². The van der Waals surface area contributed by atoms with Crippen LogP contribution in [0.5, 0.6) is 0 Å². The van der Waals surface area contributed by atoms with Gasteiger partial charge >= 0.3 is 5.69 Å². The molecule has 0 atom stereocenters. The van der Waals surface area contributed by atoms with Crippen LogP contribution in [0.4, 0.5) is 5.82 Å². The Bertz CT molecular complexity index is 584. The molecule has 1 aliphatic carbocycles. The topological polar surface area (TPSA) is 71.8 Å². The Hall–Kier alpha value is -1.84. The summed E-state index contributed by atoms with van der Waals surface area (Å²) in [5.74, 6) is 0.944. The second-order valence-electron chi connectivity index (χ2n) is 3.97. The van der Waals surface area contributed by atoms with Gasteiger partial charge in [-0.3, -0.25) is 0 Å². The zero-order valence-corrected chi connectivity index (χ0v) is 8.16. The lowest BCUT2D eigenvalue weighted by atomic mass is 10.1. The van der Waals surface area contributed by atoms with E-state index in [0.29, 0.717) is 11.7 Å². The van der Waals surface area contributed by atoms with Crippen LogP contribution in [0.15, 0.2) is 23.0 Å². The van der Waals surface area contributed by atoms with Crippen LogP contribution in [0, 0.1) is 0 Å². The molecule has 4 nitrogen and oxygen atoms in total. The number of nitrogen functional groups attached to an aromatic ring is 1. The Balaban J connectivity index is 2.42. The fraction of sp³-hybridized carbons (Fsp3) is 0.273. The van der Waals surface area contributed by atoms with Crippen LogP contribution >= 0.6 is 0 Å². The van der Waals surface area contributed by atoms with Crippen molar-refractivity contribution in [2.75, 3.05) is 5.73 Å². The van der Waals surface area contributed by atoms with Crippen LogP contribution in [-0.2, 0) is 0 Å². The normalized spacial score (nSPS) is 15.7. The molecule has 0 aliphatic heterocycles. The molecule has 1 aromatic carbocycles. The van der Waals surface area contributed by atoms with Crippen molar-refractivity contribution in [3.05, 3.63) is 34.2 Å². The Morgan fingerprint density at radius 2 is 2.20 bits per heavy atom. The Kier molecular flexibility index (Phi) is 1.59. The van der Waals surface area contributed by atoms with Crippen molar-refractivity contribution in [3.63, 3.8) is 0 Å². The third-order valence-electron chi connectivity index (χ3n) is 2.83. The van der Waals surface area contributed by atoms with E-state index in [9.17, 15) is 4.79 Å². The average Bonchev–Trinajstić information content (AvgIpc) is 2.99. The maximum absolute atomic E-state index is 11.2. The first-order valence-electron chi connectivity index (χ1n) is 5.04. The third kappa shape index (κ3) is 1.29. The zero-order valence-electron chi connectivity index (χ0n) is 8.16. The molecule has 0 bridgehead atoms. The van der Waals surface area contributed by atoms with Crippen molar-refractivity contribution in [3.8, 4) is 0 Å². The number of aromatic amines is 1. The van der Waals surface area contributed by atoms with E-state index in [4.69, 9.17) is 5.73 Å². The molecule has 4 heteroatoms. The van der Waals surface area contributed by atoms with Gasteiger partial charge in [-0.1, -0.05) is 12.1 Å². The minimum Gasteiger partial charge on any atom is -0.383 e. The summed E-state index contributed by atoms with van der Waals surface area (Å²) in [5.41, 5.74) is 7.42. The molecule has 76 valence electrons. The van der Waals surface area contributed by atoms with Gasteiger partial charge in [-0.05, 0) is 30.4 Å². The van der Waals surface area contributed by atoms with E-state index in [1.807, 2.05) is 12.1 Å². The first-order chi connectivity index (χ1) is 7.25. The van der Waals surface area contributed by atoms with Gasteiger partial charge < -0.3 is 10.7 Å². The zero-order chi connectivity index (χ0) is 10.4. The number of nitrogens with two attached hydrogens (primary N) is 1. The molecular weight excluding hydrogens is 190 g/mol. The lowest BCUT2D eigenvalue weighted by Gasteiger charge is -2.06. The highest BCUT2D eigenvalue weighted by atomic mass is 16.1. The van der Waals surface area contributed by atoms with Gasteiger partial charge in [0.05, 0.1) is 5.52 Å². The van der Waals surface area contributed by atoms with E-state index in [-0.39, 0.29) is 5.69 Å². The fourth-order valence-corrected chi connectivity index (χ4v) is 2.00. The molecule has 0 radical (unpaired) electrons. The number of nitrogens with zero attached hydrogens (tertiary/aromatic N) is 1. The molecule has 2 aromatic rings. The van der Waals surface area contributed by atoms with Gasteiger partial charge in [0.1, 0.15) is 5.82 Å². The summed E-state index contributed by atoms with van der Waals surface area (Å²) in [7, 11) is 0. The van der Waals surface area contributed by atoms with E-state index in [1.54, 1.807) is 0 Å². The summed E-state index contributed by atoms with van der Waals surface area (Å²) in [4.78, 5) is 17.6. The van der Waals surface area contributed by atoms with Gasteiger partial charge in [-0.15, -0.1) is 0 Å². The smallest absolute Gasteiger partial charge is 0.347 e. The lowest BCUT2D eigenvalue weighted by molar-refractivity contribution is 1.10.